The molecule has 0 aromatic rings. The average molecular weight is 226 g/mol. The van der Waals surface area contributed by atoms with Gasteiger partial charge in [-0.2, -0.15) is 0 Å². The zero-order valence-corrected chi connectivity index (χ0v) is 11.0. The number of hydrogen-bond acceptors (Lipinski definition) is 2. The third-order valence-electron chi connectivity index (χ3n) is 4.50. The van der Waals surface area contributed by atoms with Crippen LogP contribution in [0.25, 0.3) is 0 Å². The van der Waals surface area contributed by atoms with Gasteiger partial charge in [-0.15, -0.1) is 0 Å². The van der Waals surface area contributed by atoms with E-state index in [-0.39, 0.29) is 5.60 Å². The van der Waals surface area contributed by atoms with Gasteiger partial charge in [-0.1, -0.05) is 13.3 Å². The van der Waals surface area contributed by atoms with Gasteiger partial charge in [0.2, 0.25) is 0 Å². The summed E-state index contributed by atoms with van der Waals surface area (Å²) in [7, 11) is 0. The van der Waals surface area contributed by atoms with Crippen molar-refractivity contribution in [1.29, 1.82) is 0 Å². The van der Waals surface area contributed by atoms with Gasteiger partial charge in [-0.3, -0.25) is 0 Å². The maximum atomic E-state index is 10.7. The minimum Gasteiger partial charge on any atom is -0.390 e. The summed E-state index contributed by atoms with van der Waals surface area (Å²) in [5.74, 6) is 1.41. The minimum atomic E-state index is -0.439. The van der Waals surface area contributed by atoms with Crippen LogP contribution >= 0.6 is 0 Å². The van der Waals surface area contributed by atoms with Crippen molar-refractivity contribution in [3.8, 4) is 0 Å². The first-order valence-corrected chi connectivity index (χ1v) is 6.85. The van der Waals surface area contributed by atoms with Gasteiger partial charge in [0.05, 0.1) is 11.2 Å². The highest BCUT2D eigenvalue weighted by Crippen LogP contribution is 2.50. The molecule has 0 spiro atoms. The van der Waals surface area contributed by atoms with Crippen molar-refractivity contribution in [2.75, 3.05) is 6.61 Å². The Morgan fingerprint density at radius 1 is 1.25 bits per heavy atom. The first kappa shape index (κ1) is 12.4. The normalized spacial score (nSPS) is 48.0. The molecule has 0 amide bonds. The van der Waals surface area contributed by atoms with E-state index >= 15 is 0 Å². The number of rotatable bonds is 3. The lowest BCUT2D eigenvalue weighted by Gasteiger charge is -2.52. The molecular weight excluding hydrogens is 200 g/mol. The second-order valence-electron chi connectivity index (χ2n) is 6.27. The van der Waals surface area contributed by atoms with Crippen LogP contribution in [-0.2, 0) is 4.74 Å². The highest BCUT2D eigenvalue weighted by Gasteiger charge is 2.49. The molecule has 2 rings (SSSR count). The maximum Gasteiger partial charge on any atom is 0.0684 e. The van der Waals surface area contributed by atoms with Crippen LogP contribution in [0, 0.1) is 11.8 Å². The molecular formula is C14H26O2. The molecule has 2 nitrogen and oxygen atoms in total. The van der Waals surface area contributed by atoms with Gasteiger partial charge in [0.1, 0.15) is 0 Å². The van der Waals surface area contributed by atoms with Crippen molar-refractivity contribution in [3.63, 3.8) is 0 Å². The third-order valence-corrected chi connectivity index (χ3v) is 4.50. The molecule has 2 aliphatic rings. The van der Waals surface area contributed by atoms with Gasteiger partial charge in [0.25, 0.3) is 0 Å². The van der Waals surface area contributed by atoms with E-state index in [0.29, 0.717) is 5.92 Å². The number of aliphatic hydroxyl groups is 1. The van der Waals surface area contributed by atoms with E-state index in [1.165, 1.54) is 12.8 Å². The van der Waals surface area contributed by atoms with E-state index in [9.17, 15) is 5.11 Å². The topological polar surface area (TPSA) is 29.5 Å². The summed E-state index contributed by atoms with van der Waals surface area (Å²) in [5, 5.41) is 10.7. The molecule has 94 valence electrons. The van der Waals surface area contributed by atoms with Crippen LogP contribution in [0.3, 0.4) is 0 Å². The van der Waals surface area contributed by atoms with Crippen molar-refractivity contribution >= 4 is 0 Å². The number of ether oxygens (including phenoxy) is 1. The summed E-state index contributed by atoms with van der Waals surface area (Å²) in [6, 6.07) is 0. The van der Waals surface area contributed by atoms with Gasteiger partial charge in [-0.25, -0.2) is 0 Å². The molecule has 2 aliphatic carbocycles. The van der Waals surface area contributed by atoms with Crippen molar-refractivity contribution in [1.82, 2.24) is 0 Å². The van der Waals surface area contributed by atoms with Crippen LogP contribution in [0.15, 0.2) is 0 Å². The molecule has 2 heteroatoms. The lowest BCUT2D eigenvalue weighted by atomic mass is 9.60. The fourth-order valence-electron chi connectivity index (χ4n) is 4.24. The van der Waals surface area contributed by atoms with E-state index in [2.05, 4.69) is 20.8 Å². The van der Waals surface area contributed by atoms with Crippen molar-refractivity contribution < 1.29 is 9.84 Å². The molecule has 0 aliphatic heterocycles. The van der Waals surface area contributed by atoms with Crippen LogP contribution in [0.4, 0.5) is 0 Å². The van der Waals surface area contributed by atoms with Gasteiger partial charge in [0, 0.05) is 13.0 Å². The van der Waals surface area contributed by atoms with Crippen molar-refractivity contribution in [3.05, 3.63) is 0 Å². The molecule has 0 heterocycles. The standard InChI is InChI=1S/C14H26O2/c1-4-11-6-12-7-13(3,16-5-2)10-14(15,8-11)9-12/h11-12,15H,4-10H2,1-3H3. The summed E-state index contributed by atoms with van der Waals surface area (Å²) in [5.41, 5.74) is -0.517. The Hall–Kier alpha value is -0.0800. The van der Waals surface area contributed by atoms with E-state index in [1.54, 1.807) is 0 Å². The average Bonchev–Trinajstić information content (AvgIpc) is 2.13. The lowest BCUT2D eigenvalue weighted by molar-refractivity contribution is -0.164. The summed E-state index contributed by atoms with van der Waals surface area (Å²) < 4.78 is 5.88. The summed E-state index contributed by atoms with van der Waals surface area (Å²) in [4.78, 5) is 0. The molecule has 0 aromatic carbocycles. The number of hydrogen-bond donors (Lipinski definition) is 1. The first-order valence-electron chi connectivity index (χ1n) is 6.85. The van der Waals surface area contributed by atoms with Gasteiger partial charge < -0.3 is 9.84 Å². The monoisotopic (exact) mass is 226 g/mol. The Balaban J connectivity index is 2.10. The van der Waals surface area contributed by atoms with E-state index in [1.807, 2.05) is 0 Å². The second kappa shape index (κ2) is 4.30. The molecule has 16 heavy (non-hydrogen) atoms. The van der Waals surface area contributed by atoms with Crippen molar-refractivity contribution in [2.45, 2.75) is 70.5 Å². The molecule has 2 bridgehead atoms. The molecule has 2 fully saturated rings. The molecule has 2 saturated carbocycles. The lowest BCUT2D eigenvalue weighted by Crippen LogP contribution is -2.52. The summed E-state index contributed by atoms with van der Waals surface area (Å²) >= 11 is 0. The van der Waals surface area contributed by atoms with Crippen LogP contribution in [0.1, 0.15) is 59.3 Å². The fourth-order valence-corrected chi connectivity index (χ4v) is 4.24. The molecule has 0 radical (unpaired) electrons. The molecule has 4 atom stereocenters. The predicted molar refractivity (Wildman–Crippen MR) is 65.3 cm³/mol. The number of fused-ring (bicyclic) bond motifs is 2. The van der Waals surface area contributed by atoms with Crippen LogP contribution in [0.2, 0.25) is 0 Å². The smallest absolute Gasteiger partial charge is 0.0684 e. The maximum absolute atomic E-state index is 10.7. The van der Waals surface area contributed by atoms with Gasteiger partial charge in [-0.05, 0) is 51.4 Å². The van der Waals surface area contributed by atoms with Crippen LogP contribution in [-0.4, -0.2) is 22.9 Å². The van der Waals surface area contributed by atoms with E-state index in [0.717, 1.165) is 38.2 Å². The van der Waals surface area contributed by atoms with Crippen LogP contribution < -0.4 is 0 Å². The Kier molecular flexibility index (Phi) is 3.33. The Morgan fingerprint density at radius 3 is 2.56 bits per heavy atom. The van der Waals surface area contributed by atoms with Gasteiger partial charge in [0.15, 0.2) is 0 Å². The largest absolute Gasteiger partial charge is 0.390 e. The molecule has 0 aromatic heterocycles. The summed E-state index contributed by atoms with van der Waals surface area (Å²) in [6.45, 7) is 7.24. The van der Waals surface area contributed by atoms with Crippen LogP contribution in [0.5, 0.6) is 0 Å². The van der Waals surface area contributed by atoms with E-state index in [4.69, 9.17) is 4.74 Å². The fraction of sp³-hybridized carbons (Fsp3) is 1.00. The van der Waals surface area contributed by atoms with E-state index < -0.39 is 5.60 Å². The molecule has 0 saturated heterocycles. The quantitative estimate of drug-likeness (QED) is 0.801. The zero-order valence-electron chi connectivity index (χ0n) is 11.0. The molecule has 4 unspecified atom stereocenters. The predicted octanol–water partition coefficient (Wildman–Crippen LogP) is 3.13. The van der Waals surface area contributed by atoms with Gasteiger partial charge >= 0.3 is 0 Å². The Bertz CT molecular complexity index is 253. The first-order chi connectivity index (χ1) is 7.49. The summed E-state index contributed by atoms with van der Waals surface area (Å²) in [6.07, 6.45) is 6.47. The Morgan fingerprint density at radius 2 is 2.00 bits per heavy atom. The van der Waals surface area contributed by atoms with Crippen molar-refractivity contribution in [2.24, 2.45) is 11.8 Å². The highest BCUT2D eigenvalue weighted by molar-refractivity contribution is 5.01. The third kappa shape index (κ3) is 2.43. The minimum absolute atomic E-state index is 0.0782. The zero-order chi connectivity index (χ0) is 11.8. The second-order valence-corrected chi connectivity index (χ2v) is 6.27. The Labute approximate surface area is 99.4 Å². The highest BCUT2D eigenvalue weighted by atomic mass is 16.5. The SMILES string of the molecule is CCOC1(C)CC2CC(CC)CC(O)(C2)C1. The molecule has 1 N–H and O–H groups in total.